The fourth-order valence-corrected chi connectivity index (χ4v) is 2.53. The van der Waals surface area contributed by atoms with Crippen molar-refractivity contribution in [2.24, 2.45) is 0 Å². The minimum atomic E-state index is -1.13. The predicted molar refractivity (Wildman–Crippen MR) is 93.3 cm³/mol. The van der Waals surface area contributed by atoms with Crippen molar-refractivity contribution in [3.63, 3.8) is 0 Å². The topological polar surface area (TPSA) is 77.2 Å². The molecule has 2 heterocycles. The summed E-state index contributed by atoms with van der Waals surface area (Å²) in [6.07, 6.45) is 1.52. The number of halogens is 2. The number of nitrogens with zero attached hydrogens (tertiary/aromatic N) is 3. The van der Waals surface area contributed by atoms with E-state index in [2.05, 4.69) is 10.1 Å². The molecule has 1 aromatic carbocycles. The van der Waals surface area contributed by atoms with Crippen LogP contribution in [0.4, 0.5) is 0 Å². The summed E-state index contributed by atoms with van der Waals surface area (Å²) < 4.78 is 6.79. The highest BCUT2D eigenvalue weighted by molar-refractivity contribution is 6.32. The van der Waals surface area contributed by atoms with Crippen LogP contribution in [0.5, 0.6) is 0 Å². The van der Waals surface area contributed by atoms with Crippen LogP contribution >= 0.6 is 23.2 Å². The van der Waals surface area contributed by atoms with Crippen molar-refractivity contribution < 1.29 is 14.6 Å². The summed E-state index contributed by atoms with van der Waals surface area (Å²) in [6, 6.07) is 12.0. The van der Waals surface area contributed by atoms with Gasteiger partial charge in [-0.1, -0.05) is 35.3 Å². The number of ether oxygens (including phenoxy) is 1. The van der Waals surface area contributed by atoms with E-state index in [-0.39, 0.29) is 18.1 Å². The van der Waals surface area contributed by atoms with E-state index in [1.165, 1.54) is 16.9 Å². The first-order valence-electron chi connectivity index (χ1n) is 7.30. The summed E-state index contributed by atoms with van der Waals surface area (Å²) in [5.74, 6) is -0.872. The van der Waals surface area contributed by atoms with Gasteiger partial charge in [-0.05, 0) is 35.9 Å². The van der Waals surface area contributed by atoms with Gasteiger partial charge in [0.05, 0.1) is 23.9 Å². The molecule has 0 atom stereocenters. The van der Waals surface area contributed by atoms with Gasteiger partial charge in [0.2, 0.25) is 0 Å². The Hall–Kier alpha value is -2.41. The van der Waals surface area contributed by atoms with Gasteiger partial charge in [0.15, 0.2) is 11.5 Å². The molecule has 25 heavy (non-hydrogen) atoms. The number of carbonyl (C=O) groups is 1. The third kappa shape index (κ3) is 4.17. The van der Waals surface area contributed by atoms with Crippen LogP contribution in [0, 0.1) is 0 Å². The van der Waals surface area contributed by atoms with Crippen LogP contribution in [0.25, 0.3) is 5.82 Å². The molecule has 0 saturated carbocycles. The number of hydrogen-bond acceptors (Lipinski definition) is 4. The molecule has 0 aliphatic carbocycles. The molecule has 0 amide bonds. The van der Waals surface area contributed by atoms with Crippen LogP contribution in [0.3, 0.4) is 0 Å². The Bertz CT molecular complexity index is 894. The molecule has 128 valence electrons. The van der Waals surface area contributed by atoms with Gasteiger partial charge >= 0.3 is 5.97 Å². The smallest absolute Gasteiger partial charge is 0.354 e. The van der Waals surface area contributed by atoms with Crippen LogP contribution in [0.1, 0.15) is 21.7 Å². The molecule has 3 aromatic rings. The van der Waals surface area contributed by atoms with E-state index in [9.17, 15) is 9.90 Å². The first-order chi connectivity index (χ1) is 12.0. The maximum absolute atomic E-state index is 11.5. The number of aromatic nitrogens is 3. The van der Waals surface area contributed by atoms with Crippen molar-refractivity contribution in [3.8, 4) is 5.82 Å². The molecular weight excluding hydrogens is 365 g/mol. The van der Waals surface area contributed by atoms with E-state index >= 15 is 0 Å². The zero-order chi connectivity index (χ0) is 17.8. The third-order valence-corrected chi connectivity index (χ3v) is 3.90. The summed E-state index contributed by atoms with van der Waals surface area (Å²) in [4.78, 5) is 15.6. The molecule has 6 nitrogen and oxygen atoms in total. The van der Waals surface area contributed by atoms with Crippen molar-refractivity contribution >= 4 is 29.2 Å². The summed E-state index contributed by atoms with van der Waals surface area (Å²) >= 11 is 11.9. The van der Waals surface area contributed by atoms with E-state index in [0.29, 0.717) is 22.3 Å². The number of carboxylic acid groups (broad SMARTS) is 1. The average molecular weight is 378 g/mol. The lowest BCUT2D eigenvalue weighted by Crippen LogP contribution is -2.09. The lowest BCUT2D eigenvalue weighted by atomic mass is 10.2. The molecule has 0 aliphatic rings. The minimum Gasteiger partial charge on any atom is -0.477 e. The fourth-order valence-electron chi connectivity index (χ4n) is 2.20. The number of pyridine rings is 1. The average Bonchev–Trinajstić information content (AvgIpc) is 3.01. The van der Waals surface area contributed by atoms with E-state index in [0.717, 1.165) is 5.56 Å². The molecule has 0 aliphatic heterocycles. The molecule has 1 N–H and O–H groups in total. The Balaban J connectivity index is 1.76. The Labute approximate surface area is 153 Å². The lowest BCUT2D eigenvalue weighted by molar-refractivity contribution is 0.0687. The minimum absolute atomic E-state index is 0.0364. The molecule has 8 heteroatoms. The molecule has 0 saturated heterocycles. The SMILES string of the molecule is O=C(O)c1cc(COCc2ccc(Cl)cc2)nn1-c1ncccc1Cl. The number of benzene rings is 1. The number of aromatic carboxylic acids is 1. The predicted octanol–water partition coefficient (Wildman–Crippen LogP) is 3.99. The first kappa shape index (κ1) is 17.4. The Morgan fingerprint density at radius 3 is 2.60 bits per heavy atom. The van der Waals surface area contributed by atoms with Gasteiger partial charge in [-0.2, -0.15) is 5.10 Å². The quantitative estimate of drug-likeness (QED) is 0.702. The normalized spacial score (nSPS) is 10.8. The van der Waals surface area contributed by atoms with Gasteiger partial charge in [0.25, 0.3) is 0 Å². The molecule has 0 spiro atoms. The second kappa shape index (κ2) is 7.65. The van der Waals surface area contributed by atoms with Crippen LogP contribution in [-0.2, 0) is 18.0 Å². The first-order valence-corrected chi connectivity index (χ1v) is 8.05. The number of hydrogen-bond donors (Lipinski definition) is 1. The van der Waals surface area contributed by atoms with Gasteiger partial charge in [-0.15, -0.1) is 0 Å². The Kier molecular flexibility index (Phi) is 5.33. The van der Waals surface area contributed by atoms with E-state index in [4.69, 9.17) is 27.9 Å². The number of carboxylic acids is 1. The van der Waals surface area contributed by atoms with E-state index in [1.54, 1.807) is 24.3 Å². The largest absolute Gasteiger partial charge is 0.477 e. The molecule has 0 bridgehead atoms. The highest BCUT2D eigenvalue weighted by Gasteiger charge is 2.18. The van der Waals surface area contributed by atoms with Gasteiger partial charge in [0, 0.05) is 11.2 Å². The van der Waals surface area contributed by atoms with Crippen molar-refractivity contribution in [2.45, 2.75) is 13.2 Å². The van der Waals surface area contributed by atoms with E-state index < -0.39 is 5.97 Å². The standard InChI is InChI=1S/C17H13Cl2N3O3/c18-12-5-3-11(4-6-12)9-25-10-13-8-15(17(23)24)22(21-13)16-14(19)2-1-7-20-16/h1-8H,9-10H2,(H,23,24). The lowest BCUT2D eigenvalue weighted by Gasteiger charge is -2.05. The molecule has 0 unspecified atom stereocenters. The maximum Gasteiger partial charge on any atom is 0.354 e. The van der Waals surface area contributed by atoms with Gasteiger partial charge in [-0.3, -0.25) is 0 Å². The van der Waals surface area contributed by atoms with Crippen LogP contribution in [-0.4, -0.2) is 25.8 Å². The monoisotopic (exact) mass is 377 g/mol. The van der Waals surface area contributed by atoms with Crippen LogP contribution in [0.15, 0.2) is 48.7 Å². The summed E-state index contributed by atoms with van der Waals surface area (Å²) in [7, 11) is 0. The molecule has 0 radical (unpaired) electrons. The second-order valence-corrected chi connectivity index (χ2v) is 6.01. The third-order valence-electron chi connectivity index (χ3n) is 3.35. The van der Waals surface area contributed by atoms with Gasteiger partial charge in [0.1, 0.15) is 0 Å². The molecule has 3 rings (SSSR count). The molecular formula is C17H13Cl2N3O3. The Morgan fingerprint density at radius 2 is 1.92 bits per heavy atom. The maximum atomic E-state index is 11.5. The fraction of sp³-hybridized carbons (Fsp3) is 0.118. The highest BCUT2D eigenvalue weighted by Crippen LogP contribution is 2.20. The highest BCUT2D eigenvalue weighted by atomic mass is 35.5. The van der Waals surface area contributed by atoms with Crippen molar-refractivity contribution in [2.75, 3.05) is 0 Å². The summed E-state index contributed by atoms with van der Waals surface area (Å²) in [5.41, 5.74) is 1.38. The van der Waals surface area contributed by atoms with Gasteiger partial charge < -0.3 is 9.84 Å². The van der Waals surface area contributed by atoms with Gasteiger partial charge in [-0.25, -0.2) is 14.5 Å². The molecule has 0 fully saturated rings. The summed E-state index contributed by atoms with van der Waals surface area (Å²) in [6.45, 7) is 0.511. The second-order valence-electron chi connectivity index (χ2n) is 5.17. The zero-order valence-corrected chi connectivity index (χ0v) is 14.4. The summed E-state index contributed by atoms with van der Waals surface area (Å²) in [5, 5.41) is 14.6. The van der Waals surface area contributed by atoms with Crippen molar-refractivity contribution in [3.05, 3.63) is 75.7 Å². The van der Waals surface area contributed by atoms with Crippen molar-refractivity contribution in [1.29, 1.82) is 0 Å². The zero-order valence-electron chi connectivity index (χ0n) is 12.9. The van der Waals surface area contributed by atoms with E-state index in [1.807, 2.05) is 12.1 Å². The van der Waals surface area contributed by atoms with Crippen LogP contribution < -0.4 is 0 Å². The Morgan fingerprint density at radius 1 is 1.16 bits per heavy atom. The number of rotatable bonds is 6. The molecule has 2 aromatic heterocycles. The van der Waals surface area contributed by atoms with Crippen LogP contribution in [0.2, 0.25) is 10.0 Å². The van der Waals surface area contributed by atoms with Crippen molar-refractivity contribution in [1.82, 2.24) is 14.8 Å².